The molecule has 5 aliphatic rings. The maximum atomic E-state index is 3.97. The maximum Gasteiger partial charge on any atom is 0.0124 e. The van der Waals surface area contributed by atoms with E-state index in [-0.39, 0.29) is 0 Å². The van der Waals surface area contributed by atoms with Crippen molar-refractivity contribution in [3.8, 4) is 0 Å². The molecule has 4 bridgehead atoms. The van der Waals surface area contributed by atoms with Crippen LogP contribution in [-0.2, 0) is 0 Å². The highest BCUT2D eigenvalue weighted by molar-refractivity contribution is 5.02. The summed E-state index contributed by atoms with van der Waals surface area (Å²) in [5.74, 6) is 4.35. The summed E-state index contributed by atoms with van der Waals surface area (Å²) in [6.45, 7) is 3.76. The molecule has 5 aliphatic carbocycles. The molecule has 0 spiro atoms. The fraction of sp³-hybridized carbons (Fsp3) is 1.00. The zero-order chi connectivity index (χ0) is 10.8. The summed E-state index contributed by atoms with van der Waals surface area (Å²) in [6.07, 6.45) is 10.7. The summed E-state index contributed by atoms with van der Waals surface area (Å²) < 4.78 is 0. The number of rotatable bonds is 3. The van der Waals surface area contributed by atoms with Crippen LogP contribution in [0.2, 0.25) is 0 Å². The van der Waals surface area contributed by atoms with E-state index in [1.165, 1.54) is 19.4 Å². The Morgan fingerprint density at radius 3 is 2.00 bits per heavy atom. The molecule has 5 rings (SSSR count). The Kier molecular flexibility index (Phi) is 2.02. The van der Waals surface area contributed by atoms with Gasteiger partial charge in [-0.05, 0) is 74.0 Å². The third-order valence-electron chi connectivity index (χ3n) is 6.09. The predicted octanol–water partition coefficient (Wildman–Crippen LogP) is 3.20. The lowest BCUT2D eigenvalue weighted by Crippen LogP contribution is -2.55. The van der Waals surface area contributed by atoms with Crippen molar-refractivity contribution in [1.29, 1.82) is 0 Å². The molecule has 0 aromatic carbocycles. The van der Waals surface area contributed by atoms with Gasteiger partial charge in [0, 0.05) is 12.6 Å². The van der Waals surface area contributed by atoms with Gasteiger partial charge in [-0.1, -0.05) is 6.92 Å². The van der Waals surface area contributed by atoms with E-state index in [2.05, 4.69) is 12.2 Å². The van der Waals surface area contributed by atoms with Gasteiger partial charge in [-0.15, -0.1) is 0 Å². The van der Waals surface area contributed by atoms with E-state index in [1.54, 1.807) is 32.1 Å². The number of hydrogen-bond donors (Lipinski definition) is 1. The van der Waals surface area contributed by atoms with Gasteiger partial charge in [-0.2, -0.15) is 0 Å². The molecule has 0 heterocycles. The molecule has 5 saturated carbocycles. The summed E-state index contributed by atoms with van der Waals surface area (Å²) in [7, 11) is 0. The van der Waals surface area contributed by atoms with E-state index in [9.17, 15) is 0 Å². The topological polar surface area (TPSA) is 12.0 Å². The fourth-order valence-corrected chi connectivity index (χ4v) is 5.01. The first-order valence-corrected chi connectivity index (χ1v) is 7.45. The Morgan fingerprint density at radius 1 is 0.938 bits per heavy atom. The van der Waals surface area contributed by atoms with Crippen LogP contribution in [0, 0.1) is 29.1 Å². The van der Waals surface area contributed by atoms with Crippen molar-refractivity contribution in [2.24, 2.45) is 29.1 Å². The summed E-state index contributed by atoms with van der Waals surface area (Å²) >= 11 is 0. The van der Waals surface area contributed by atoms with Gasteiger partial charge in [0.25, 0.3) is 0 Å². The van der Waals surface area contributed by atoms with E-state index < -0.39 is 0 Å². The molecule has 5 fully saturated rings. The van der Waals surface area contributed by atoms with E-state index in [4.69, 9.17) is 0 Å². The van der Waals surface area contributed by atoms with Gasteiger partial charge >= 0.3 is 0 Å². The summed E-state index contributed by atoms with van der Waals surface area (Å²) in [4.78, 5) is 0. The molecule has 1 heteroatoms. The lowest BCUT2D eigenvalue weighted by Gasteiger charge is -2.54. The number of nitrogens with one attached hydrogen (secondary N) is 1. The first kappa shape index (κ1) is 9.94. The van der Waals surface area contributed by atoms with E-state index in [1.807, 2.05) is 0 Å². The lowest BCUT2D eigenvalue weighted by molar-refractivity contribution is -0.0149. The monoisotopic (exact) mass is 219 g/mol. The Hall–Kier alpha value is -0.0400. The zero-order valence-corrected chi connectivity index (χ0v) is 10.5. The third-order valence-corrected chi connectivity index (χ3v) is 6.09. The van der Waals surface area contributed by atoms with E-state index >= 15 is 0 Å². The normalized spacial score (nSPS) is 51.9. The highest BCUT2D eigenvalue weighted by atomic mass is 15.0. The van der Waals surface area contributed by atoms with Crippen LogP contribution in [0.25, 0.3) is 0 Å². The largest absolute Gasteiger partial charge is 0.313 e. The van der Waals surface area contributed by atoms with Gasteiger partial charge in [0.2, 0.25) is 0 Å². The molecule has 1 N–H and O–H groups in total. The van der Waals surface area contributed by atoms with E-state index in [0.717, 1.165) is 29.7 Å². The van der Waals surface area contributed by atoms with Crippen LogP contribution in [-0.4, -0.2) is 12.6 Å². The fourth-order valence-electron chi connectivity index (χ4n) is 5.01. The molecular formula is C15H25N. The summed E-state index contributed by atoms with van der Waals surface area (Å²) in [5.41, 5.74) is 0.689. The molecule has 0 unspecified atom stereocenters. The van der Waals surface area contributed by atoms with Gasteiger partial charge in [-0.3, -0.25) is 0 Å². The third kappa shape index (κ3) is 1.54. The van der Waals surface area contributed by atoms with Crippen molar-refractivity contribution < 1.29 is 0 Å². The molecule has 0 amide bonds. The quantitative estimate of drug-likeness (QED) is 0.768. The molecule has 16 heavy (non-hydrogen) atoms. The van der Waals surface area contributed by atoms with Crippen molar-refractivity contribution in [3.63, 3.8) is 0 Å². The average molecular weight is 219 g/mol. The van der Waals surface area contributed by atoms with Gasteiger partial charge in [0.05, 0.1) is 0 Å². The van der Waals surface area contributed by atoms with Gasteiger partial charge in [-0.25, -0.2) is 0 Å². The second-order valence-corrected chi connectivity index (χ2v) is 7.65. The molecule has 0 saturated heterocycles. The van der Waals surface area contributed by atoms with Crippen LogP contribution in [0.1, 0.15) is 51.9 Å². The van der Waals surface area contributed by atoms with Gasteiger partial charge in [0.1, 0.15) is 0 Å². The minimum Gasteiger partial charge on any atom is -0.313 e. The van der Waals surface area contributed by atoms with Crippen LogP contribution in [0.5, 0.6) is 0 Å². The highest BCUT2D eigenvalue weighted by Crippen LogP contribution is 2.54. The predicted molar refractivity (Wildman–Crippen MR) is 66.2 cm³/mol. The minimum absolute atomic E-state index is 0.689. The SMILES string of the molecule is CC1(CNC2C3CC4CC(C3)CC2C4)CC1. The van der Waals surface area contributed by atoms with Crippen LogP contribution in [0.3, 0.4) is 0 Å². The Morgan fingerprint density at radius 2 is 1.50 bits per heavy atom. The molecule has 1 nitrogen and oxygen atoms in total. The van der Waals surface area contributed by atoms with Crippen molar-refractivity contribution in [1.82, 2.24) is 5.32 Å². The van der Waals surface area contributed by atoms with Crippen molar-refractivity contribution in [3.05, 3.63) is 0 Å². The van der Waals surface area contributed by atoms with Crippen molar-refractivity contribution in [2.45, 2.75) is 57.9 Å². The van der Waals surface area contributed by atoms with E-state index in [0.29, 0.717) is 5.41 Å². The highest BCUT2D eigenvalue weighted by Gasteiger charge is 2.48. The maximum absolute atomic E-state index is 3.97. The number of hydrogen-bond acceptors (Lipinski definition) is 1. The Labute approximate surface area is 99.4 Å². The molecular weight excluding hydrogens is 194 g/mol. The standard InChI is InChI=1S/C15H25N/c1-15(2-3-15)9-16-14-12-5-10-4-11(7-12)8-13(14)6-10/h10-14,16H,2-9H2,1H3. The van der Waals surface area contributed by atoms with Crippen LogP contribution >= 0.6 is 0 Å². The van der Waals surface area contributed by atoms with Crippen LogP contribution in [0.4, 0.5) is 0 Å². The van der Waals surface area contributed by atoms with Gasteiger partial charge in [0.15, 0.2) is 0 Å². The van der Waals surface area contributed by atoms with Crippen molar-refractivity contribution >= 4 is 0 Å². The molecule has 0 atom stereocenters. The molecule has 0 aromatic rings. The smallest absolute Gasteiger partial charge is 0.0124 e. The Balaban J connectivity index is 1.44. The molecule has 90 valence electrons. The second-order valence-electron chi connectivity index (χ2n) is 7.65. The Bertz CT molecular complexity index is 264. The average Bonchev–Trinajstić information content (AvgIpc) is 2.95. The first-order chi connectivity index (χ1) is 7.72. The van der Waals surface area contributed by atoms with Crippen molar-refractivity contribution in [2.75, 3.05) is 6.54 Å². The molecule has 0 radical (unpaired) electrons. The molecule has 0 aromatic heterocycles. The van der Waals surface area contributed by atoms with Crippen LogP contribution in [0.15, 0.2) is 0 Å². The van der Waals surface area contributed by atoms with Crippen LogP contribution < -0.4 is 5.32 Å². The summed E-state index contributed by atoms with van der Waals surface area (Å²) in [5, 5.41) is 3.97. The zero-order valence-electron chi connectivity index (χ0n) is 10.5. The lowest BCUT2D eigenvalue weighted by atomic mass is 9.54. The molecule has 0 aliphatic heterocycles. The minimum atomic E-state index is 0.689. The van der Waals surface area contributed by atoms with Gasteiger partial charge < -0.3 is 5.32 Å². The second kappa shape index (κ2) is 3.25. The first-order valence-electron chi connectivity index (χ1n) is 7.45. The summed E-state index contributed by atoms with van der Waals surface area (Å²) in [6, 6.07) is 0.908.